The Labute approximate surface area is 156 Å². The van der Waals surface area contributed by atoms with E-state index in [-0.39, 0.29) is 12.3 Å². The Balaban J connectivity index is 1.98. The van der Waals surface area contributed by atoms with Gasteiger partial charge in [0.1, 0.15) is 11.5 Å². The first-order valence-electron chi connectivity index (χ1n) is 8.28. The average molecular weight is 370 g/mol. The summed E-state index contributed by atoms with van der Waals surface area (Å²) in [4.78, 5) is 17.6. The van der Waals surface area contributed by atoms with Crippen molar-refractivity contribution in [3.05, 3.63) is 51.8 Å². The van der Waals surface area contributed by atoms with Crippen LogP contribution in [0.25, 0.3) is 10.2 Å². The molecule has 1 amide bonds. The summed E-state index contributed by atoms with van der Waals surface area (Å²) in [5.41, 5.74) is 4.29. The molecule has 0 fully saturated rings. The van der Waals surface area contributed by atoms with Gasteiger partial charge in [0.05, 0.1) is 30.9 Å². The van der Waals surface area contributed by atoms with E-state index in [2.05, 4.69) is 31.0 Å². The van der Waals surface area contributed by atoms with E-state index < -0.39 is 0 Å². The summed E-state index contributed by atoms with van der Waals surface area (Å²) < 4.78 is 13.7. The quantitative estimate of drug-likeness (QED) is 0.706. The number of carbonyl (C=O) groups excluding carboxylic acids is 1. The van der Waals surface area contributed by atoms with Crippen LogP contribution in [0.2, 0.25) is 0 Å². The molecule has 0 spiro atoms. The maximum absolute atomic E-state index is 12.5. The molecule has 2 aromatic carbocycles. The number of rotatable bonds is 4. The van der Waals surface area contributed by atoms with Gasteiger partial charge in [-0.15, -0.1) is 0 Å². The summed E-state index contributed by atoms with van der Waals surface area (Å²) in [6, 6.07) is 9.62. The van der Waals surface area contributed by atoms with Crippen molar-refractivity contribution in [2.24, 2.45) is 12.0 Å². The second-order valence-corrected chi connectivity index (χ2v) is 7.16. The number of fused-ring (bicyclic) bond motifs is 1. The van der Waals surface area contributed by atoms with Crippen LogP contribution in [0.5, 0.6) is 11.5 Å². The topological polar surface area (TPSA) is 52.8 Å². The lowest BCUT2D eigenvalue weighted by atomic mass is 10.1. The number of hydrogen-bond acceptors (Lipinski definition) is 4. The molecular weight excluding hydrogens is 348 g/mol. The Morgan fingerprint density at radius 2 is 1.85 bits per heavy atom. The molecule has 0 bridgehead atoms. The zero-order chi connectivity index (χ0) is 18.8. The zero-order valence-electron chi connectivity index (χ0n) is 15.6. The lowest BCUT2D eigenvalue weighted by Crippen LogP contribution is -2.14. The van der Waals surface area contributed by atoms with Gasteiger partial charge in [-0.1, -0.05) is 29.5 Å². The van der Waals surface area contributed by atoms with Crippen LogP contribution in [-0.2, 0) is 18.3 Å². The van der Waals surface area contributed by atoms with Crippen LogP contribution in [0.3, 0.4) is 0 Å². The van der Waals surface area contributed by atoms with Crippen LogP contribution in [0.4, 0.5) is 0 Å². The van der Waals surface area contributed by atoms with Crippen LogP contribution in [-0.4, -0.2) is 24.7 Å². The molecule has 0 aliphatic rings. The first-order chi connectivity index (χ1) is 12.4. The van der Waals surface area contributed by atoms with Crippen molar-refractivity contribution in [3.8, 4) is 11.5 Å². The van der Waals surface area contributed by atoms with Crippen LogP contribution < -0.4 is 14.3 Å². The van der Waals surface area contributed by atoms with Crippen molar-refractivity contribution in [2.75, 3.05) is 14.2 Å². The third-order valence-electron chi connectivity index (χ3n) is 4.40. The van der Waals surface area contributed by atoms with Crippen molar-refractivity contribution in [2.45, 2.75) is 20.3 Å². The SMILES string of the molecule is COc1ccc(CC(=O)N=c2sc3c(C)ccc(C)c3n2C)c(OC)c1. The number of nitrogens with zero attached hydrogens (tertiary/aromatic N) is 2. The number of aromatic nitrogens is 1. The first kappa shape index (κ1) is 18.2. The molecule has 26 heavy (non-hydrogen) atoms. The molecule has 0 saturated heterocycles. The Kier molecular flexibility index (Phi) is 5.13. The molecule has 136 valence electrons. The van der Waals surface area contributed by atoms with Crippen molar-refractivity contribution in [1.82, 2.24) is 4.57 Å². The summed E-state index contributed by atoms with van der Waals surface area (Å²) in [6.45, 7) is 4.15. The van der Waals surface area contributed by atoms with Crippen LogP contribution in [0, 0.1) is 13.8 Å². The number of benzene rings is 2. The molecule has 0 radical (unpaired) electrons. The smallest absolute Gasteiger partial charge is 0.252 e. The highest BCUT2D eigenvalue weighted by molar-refractivity contribution is 7.16. The van der Waals surface area contributed by atoms with Crippen LogP contribution in [0.15, 0.2) is 35.3 Å². The van der Waals surface area contributed by atoms with Gasteiger partial charge in [0.25, 0.3) is 5.91 Å². The number of carbonyl (C=O) groups is 1. The Bertz CT molecular complexity index is 1050. The van der Waals surface area contributed by atoms with E-state index in [0.29, 0.717) is 16.3 Å². The molecule has 3 rings (SSSR count). The predicted octanol–water partition coefficient (Wildman–Crippen LogP) is 3.54. The summed E-state index contributed by atoms with van der Waals surface area (Å²) in [5, 5.41) is 0. The van der Waals surface area contributed by atoms with Gasteiger partial charge in [0.15, 0.2) is 4.80 Å². The molecular formula is C20H22N2O3S. The zero-order valence-corrected chi connectivity index (χ0v) is 16.4. The molecule has 0 unspecified atom stereocenters. The van der Waals surface area contributed by atoms with E-state index in [9.17, 15) is 4.79 Å². The van der Waals surface area contributed by atoms with Gasteiger partial charge >= 0.3 is 0 Å². The fraction of sp³-hybridized carbons (Fsp3) is 0.300. The average Bonchev–Trinajstić information content (AvgIpc) is 2.96. The maximum atomic E-state index is 12.5. The van der Waals surface area contributed by atoms with E-state index >= 15 is 0 Å². The van der Waals surface area contributed by atoms with E-state index in [0.717, 1.165) is 11.1 Å². The monoisotopic (exact) mass is 370 g/mol. The number of thiazole rings is 1. The standard InChI is InChI=1S/C20H22N2O3S/c1-12-6-7-13(2)19-18(12)22(3)20(26-19)21-17(23)10-14-8-9-15(24-4)11-16(14)25-5/h6-9,11H,10H2,1-5H3. The highest BCUT2D eigenvalue weighted by Crippen LogP contribution is 2.26. The lowest BCUT2D eigenvalue weighted by molar-refractivity contribution is -0.117. The van der Waals surface area contributed by atoms with E-state index in [1.807, 2.05) is 23.7 Å². The van der Waals surface area contributed by atoms with Gasteiger partial charge < -0.3 is 14.0 Å². The van der Waals surface area contributed by atoms with Crippen molar-refractivity contribution >= 4 is 27.5 Å². The second kappa shape index (κ2) is 7.33. The van der Waals surface area contributed by atoms with E-state index in [4.69, 9.17) is 9.47 Å². The number of amides is 1. The largest absolute Gasteiger partial charge is 0.497 e. The van der Waals surface area contributed by atoms with Crippen molar-refractivity contribution < 1.29 is 14.3 Å². The third-order valence-corrected chi connectivity index (χ3v) is 5.67. The highest BCUT2D eigenvalue weighted by atomic mass is 32.1. The molecule has 0 atom stereocenters. The molecule has 1 aromatic heterocycles. The summed E-state index contributed by atoms with van der Waals surface area (Å²) in [6.07, 6.45) is 0.180. The molecule has 5 nitrogen and oxygen atoms in total. The van der Waals surface area contributed by atoms with Crippen LogP contribution in [0.1, 0.15) is 16.7 Å². The number of aryl methyl sites for hydroxylation is 3. The summed E-state index contributed by atoms with van der Waals surface area (Å²) in [5.74, 6) is 1.11. The number of hydrogen-bond donors (Lipinski definition) is 0. The van der Waals surface area contributed by atoms with Gasteiger partial charge in [-0.25, -0.2) is 0 Å². The van der Waals surface area contributed by atoms with Crippen molar-refractivity contribution in [3.63, 3.8) is 0 Å². The molecule has 0 aliphatic heterocycles. The Hall–Kier alpha value is -2.60. The molecule has 6 heteroatoms. The normalized spacial score (nSPS) is 11.8. The maximum Gasteiger partial charge on any atom is 0.252 e. The number of methoxy groups -OCH3 is 2. The number of ether oxygens (including phenoxy) is 2. The first-order valence-corrected chi connectivity index (χ1v) is 9.10. The van der Waals surface area contributed by atoms with Gasteiger partial charge in [-0.2, -0.15) is 4.99 Å². The van der Waals surface area contributed by atoms with E-state index in [1.54, 1.807) is 31.6 Å². The predicted molar refractivity (Wildman–Crippen MR) is 104 cm³/mol. The highest BCUT2D eigenvalue weighted by Gasteiger charge is 2.12. The van der Waals surface area contributed by atoms with Gasteiger partial charge in [-0.05, 0) is 31.0 Å². The molecule has 0 aliphatic carbocycles. The summed E-state index contributed by atoms with van der Waals surface area (Å²) in [7, 11) is 5.13. The minimum Gasteiger partial charge on any atom is -0.497 e. The Morgan fingerprint density at radius 3 is 2.50 bits per heavy atom. The lowest BCUT2D eigenvalue weighted by Gasteiger charge is -2.08. The van der Waals surface area contributed by atoms with Crippen molar-refractivity contribution in [1.29, 1.82) is 0 Å². The molecule has 1 heterocycles. The third kappa shape index (κ3) is 3.37. The fourth-order valence-corrected chi connectivity index (χ4v) is 4.16. The minimum absolute atomic E-state index is 0.180. The fourth-order valence-electron chi connectivity index (χ4n) is 2.98. The minimum atomic E-state index is -0.203. The second-order valence-electron chi connectivity index (χ2n) is 6.18. The Morgan fingerprint density at radius 1 is 1.12 bits per heavy atom. The van der Waals surface area contributed by atoms with Gasteiger partial charge in [0, 0.05) is 18.7 Å². The summed E-state index contributed by atoms with van der Waals surface area (Å²) >= 11 is 1.54. The molecule has 0 saturated carbocycles. The molecule has 3 aromatic rings. The molecule has 0 N–H and O–H groups in total. The van der Waals surface area contributed by atoms with Gasteiger partial charge in [-0.3, -0.25) is 4.79 Å². The van der Waals surface area contributed by atoms with Gasteiger partial charge in [0.2, 0.25) is 0 Å². The van der Waals surface area contributed by atoms with E-state index in [1.165, 1.54) is 15.8 Å². The van der Waals surface area contributed by atoms with Crippen LogP contribution >= 0.6 is 11.3 Å².